The Morgan fingerprint density at radius 1 is 1.31 bits per heavy atom. The molecule has 2 N–H and O–H groups in total. The highest BCUT2D eigenvalue weighted by atomic mass is 19.2. The van der Waals surface area contributed by atoms with Gasteiger partial charge >= 0.3 is 0 Å². The monoisotopic (exact) mass is 183 g/mol. The van der Waals surface area contributed by atoms with Crippen molar-refractivity contribution in [3.8, 4) is 0 Å². The Hall–Kier alpha value is -1.65. The summed E-state index contributed by atoms with van der Waals surface area (Å²) >= 11 is 0. The predicted octanol–water partition coefficient (Wildman–Crippen LogP) is 1.88. The van der Waals surface area contributed by atoms with Gasteiger partial charge in [0.05, 0.1) is 11.0 Å². The Kier molecular flexibility index (Phi) is 1.65. The van der Waals surface area contributed by atoms with Crippen molar-refractivity contribution in [1.29, 1.82) is 0 Å². The highest BCUT2D eigenvalue weighted by Crippen LogP contribution is 2.17. The molecule has 2 rings (SSSR count). The van der Waals surface area contributed by atoms with E-state index in [0.717, 1.165) is 12.1 Å². The fourth-order valence-electron chi connectivity index (χ4n) is 1.12. The molecule has 3 nitrogen and oxygen atoms in total. The van der Waals surface area contributed by atoms with Gasteiger partial charge in [-0.2, -0.15) is 0 Å². The second kappa shape index (κ2) is 2.69. The number of aromatic nitrogens is 2. The third-order valence-electron chi connectivity index (χ3n) is 1.76. The van der Waals surface area contributed by atoms with Gasteiger partial charge in [-0.25, -0.2) is 13.8 Å². The lowest BCUT2D eigenvalue weighted by atomic mass is 10.3. The van der Waals surface area contributed by atoms with E-state index in [1.165, 1.54) is 0 Å². The first-order valence-corrected chi connectivity index (χ1v) is 3.73. The molecular formula is C8H7F2N3. The summed E-state index contributed by atoms with van der Waals surface area (Å²) in [6.07, 6.45) is 0. The van der Waals surface area contributed by atoms with Crippen LogP contribution < -0.4 is 5.32 Å². The fourth-order valence-corrected chi connectivity index (χ4v) is 1.12. The van der Waals surface area contributed by atoms with Crippen molar-refractivity contribution in [2.75, 3.05) is 12.4 Å². The number of hydrogen-bond acceptors (Lipinski definition) is 2. The zero-order valence-electron chi connectivity index (χ0n) is 6.86. The quantitative estimate of drug-likeness (QED) is 0.708. The standard InChI is InChI=1S/C8H7F2N3/c1-11-8-12-6-2-4(9)5(10)3-7(6)13-8/h2-3H,1H3,(H2,11,12,13). The van der Waals surface area contributed by atoms with Crippen LogP contribution in [0.5, 0.6) is 0 Å². The van der Waals surface area contributed by atoms with E-state index in [-0.39, 0.29) is 0 Å². The Bertz CT molecular complexity index is 411. The third-order valence-corrected chi connectivity index (χ3v) is 1.76. The molecule has 0 amide bonds. The van der Waals surface area contributed by atoms with Crippen molar-refractivity contribution < 1.29 is 8.78 Å². The van der Waals surface area contributed by atoms with Crippen LogP contribution in [-0.2, 0) is 0 Å². The van der Waals surface area contributed by atoms with E-state index in [9.17, 15) is 8.78 Å². The number of imidazole rings is 1. The topological polar surface area (TPSA) is 40.7 Å². The highest BCUT2D eigenvalue weighted by Gasteiger charge is 2.07. The van der Waals surface area contributed by atoms with Gasteiger partial charge in [-0.05, 0) is 0 Å². The lowest BCUT2D eigenvalue weighted by molar-refractivity contribution is 0.510. The first-order chi connectivity index (χ1) is 6.20. The second-order valence-electron chi connectivity index (χ2n) is 2.62. The molecule has 0 aliphatic heterocycles. The fraction of sp³-hybridized carbons (Fsp3) is 0.125. The molecule has 0 saturated carbocycles. The number of anilines is 1. The van der Waals surface area contributed by atoms with E-state index >= 15 is 0 Å². The number of nitrogens with one attached hydrogen (secondary N) is 2. The van der Waals surface area contributed by atoms with Gasteiger partial charge in [-0.15, -0.1) is 0 Å². The maximum absolute atomic E-state index is 12.7. The molecule has 0 aliphatic carbocycles. The van der Waals surface area contributed by atoms with E-state index in [2.05, 4.69) is 15.3 Å². The summed E-state index contributed by atoms with van der Waals surface area (Å²) < 4.78 is 25.4. The molecule has 1 aromatic heterocycles. The summed E-state index contributed by atoms with van der Waals surface area (Å²) in [5.74, 6) is -1.28. The van der Waals surface area contributed by atoms with E-state index in [4.69, 9.17) is 0 Å². The van der Waals surface area contributed by atoms with Crippen LogP contribution in [0.25, 0.3) is 11.0 Å². The first kappa shape index (κ1) is 7.97. The van der Waals surface area contributed by atoms with E-state index in [1.54, 1.807) is 7.05 Å². The van der Waals surface area contributed by atoms with Gasteiger partial charge in [0.25, 0.3) is 0 Å². The van der Waals surface area contributed by atoms with E-state index in [0.29, 0.717) is 17.0 Å². The van der Waals surface area contributed by atoms with Crippen molar-refractivity contribution in [1.82, 2.24) is 9.97 Å². The van der Waals surface area contributed by atoms with E-state index in [1.807, 2.05) is 0 Å². The van der Waals surface area contributed by atoms with E-state index < -0.39 is 11.6 Å². The second-order valence-corrected chi connectivity index (χ2v) is 2.62. The molecule has 0 aliphatic rings. The molecule has 1 aromatic carbocycles. The average molecular weight is 183 g/mol. The molecule has 0 saturated heterocycles. The SMILES string of the molecule is CNc1nc2cc(F)c(F)cc2[nH]1. The summed E-state index contributed by atoms with van der Waals surface area (Å²) in [7, 11) is 1.67. The van der Waals surface area contributed by atoms with Gasteiger partial charge < -0.3 is 10.3 Å². The molecule has 68 valence electrons. The summed E-state index contributed by atoms with van der Waals surface area (Å²) in [6.45, 7) is 0. The molecule has 0 unspecified atom stereocenters. The third kappa shape index (κ3) is 1.22. The number of H-pyrrole nitrogens is 1. The molecule has 5 heteroatoms. The molecule has 0 atom stereocenters. The zero-order chi connectivity index (χ0) is 9.42. The van der Waals surface area contributed by atoms with Crippen molar-refractivity contribution in [3.05, 3.63) is 23.8 Å². The maximum Gasteiger partial charge on any atom is 0.200 e. The first-order valence-electron chi connectivity index (χ1n) is 3.73. The van der Waals surface area contributed by atoms with Crippen LogP contribution in [0.3, 0.4) is 0 Å². The summed E-state index contributed by atoms with van der Waals surface area (Å²) in [6, 6.07) is 2.14. The van der Waals surface area contributed by atoms with Gasteiger partial charge in [0.15, 0.2) is 11.6 Å². The van der Waals surface area contributed by atoms with Crippen LogP contribution in [-0.4, -0.2) is 17.0 Å². The average Bonchev–Trinajstić information content (AvgIpc) is 2.48. The molecule has 0 spiro atoms. The number of halogens is 2. The predicted molar refractivity (Wildman–Crippen MR) is 45.6 cm³/mol. The van der Waals surface area contributed by atoms with Crippen LogP contribution in [0.2, 0.25) is 0 Å². The summed E-state index contributed by atoms with van der Waals surface area (Å²) in [5, 5.41) is 2.74. The van der Waals surface area contributed by atoms with Crippen molar-refractivity contribution in [3.63, 3.8) is 0 Å². The van der Waals surface area contributed by atoms with Crippen molar-refractivity contribution in [2.24, 2.45) is 0 Å². The smallest absolute Gasteiger partial charge is 0.200 e. The van der Waals surface area contributed by atoms with Crippen LogP contribution in [0.4, 0.5) is 14.7 Å². The molecule has 0 radical (unpaired) electrons. The lowest BCUT2D eigenvalue weighted by Gasteiger charge is -1.90. The minimum atomic E-state index is -0.887. The molecule has 13 heavy (non-hydrogen) atoms. The van der Waals surface area contributed by atoms with Crippen LogP contribution in [0.1, 0.15) is 0 Å². The van der Waals surface area contributed by atoms with Gasteiger partial charge in [-0.3, -0.25) is 0 Å². The van der Waals surface area contributed by atoms with Crippen molar-refractivity contribution >= 4 is 17.0 Å². The Morgan fingerprint density at radius 2 is 2.00 bits per heavy atom. The minimum Gasteiger partial charge on any atom is -0.359 e. The van der Waals surface area contributed by atoms with Crippen LogP contribution >= 0.6 is 0 Å². The van der Waals surface area contributed by atoms with Crippen LogP contribution in [0.15, 0.2) is 12.1 Å². The number of nitrogens with zero attached hydrogens (tertiary/aromatic N) is 1. The number of fused-ring (bicyclic) bond motifs is 1. The van der Waals surface area contributed by atoms with Gasteiger partial charge in [0, 0.05) is 19.2 Å². The normalized spacial score (nSPS) is 10.7. The van der Waals surface area contributed by atoms with Crippen LogP contribution in [0, 0.1) is 11.6 Å². The molecule has 0 fully saturated rings. The number of rotatable bonds is 1. The Labute approximate surface area is 72.8 Å². The van der Waals surface area contributed by atoms with Gasteiger partial charge in [-0.1, -0.05) is 0 Å². The Morgan fingerprint density at radius 3 is 2.69 bits per heavy atom. The number of aromatic amines is 1. The summed E-state index contributed by atoms with van der Waals surface area (Å²) in [5.41, 5.74) is 0.881. The minimum absolute atomic E-state index is 0.406. The zero-order valence-corrected chi connectivity index (χ0v) is 6.86. The highest BCUT2D eigenvalue weighted by molar-refractivity contribution is 5.77. The summed E-state index contributed by atoms with van der Waals surface area (Å²) in [4.78, 5) is 6.74. The van der Waals surface area contributed by atoms with Gasteiger partial charge in [0.2, 0.25) is 5.95 Å². The lowest BCUT2D eigenvalue weighted by Crippen LogP contribution is -1.88. The molecule has 0 bridgehead atoms. The largest absolute Gasteiger partial charge is 0.359 e. The van der Waals surface area contributed by atoms with Gasteiger partial charge in [0.1, 0.15) is 0 Å². The number of hydrogen-bond donors (Lipinski definition) is 2. The Balaban J connectivity index is 2.70. The number of benzene rings is 1. The molecular weight excluding hydrogens is 176 g/mol. The van der Waals surface area contributed by atoms with Crippen molar-refractivity contribution in [2.45, 2.75) is 0 Å². The molecule has 1 heterocycles. The maximum atomic E-state index is 12.7. The molecule has 2 aromatic rings.